The van der Waals surface area contributed by atoms with E-state index in [2.05, 4.69) is 20.5 Å². The summed E-state index contributed by atoms with van der Waals surface area (Å²) in [4.78, 5) is 16.0. The van der Waals surface area contributed by atoms with Gasteiger partial charge in [-0.15, -0.1) is 21.5 Å². The lowest BCUT2D eigenvalue weighted by Gasteiger charge is -1.99. The third-order valence-corrected chi connectivity index (χ3v) is 4.40. The van der Waals surface area contributed by atoms with Gasteiger partial charge in [-0.3, -0.25) is 4.79 Å². The number of anilines is 1. The minimum atomic E-state index is -0.440. The molecule has 0 aliphatic rings. The molecule has 0 radical (unpaired) electrons. The third-order valence-electron chi connectivity index (χ3n) is 2.70. The van der Waals surface area contributed by atoms with Crippen molar-refractivity contribution >= 4 is 34.1 Å². The number of rotatable bonds is 5. The van der Waals surface area contributed by atoms with Crippen LogP contribution in [0.5, 0.6) is 0 Å². The zero-order chi connectivity index (χ0) is 16.2. The molecule has 23 heavy (non-hydrogen) atoms. The second-order valence-corrected chi connectivity index (χ2v) is 6.27. The van der Waals surface area contributed by atoms with Crippen LogP contribution >= 0.6 is 23.1 Å². The number of aromatic nitrogens is 3. The standard InChI is InChI=1S/C14H11FN4O2S2/c1-8-6-22-13(16-8)17-11(20)7-23-14-19-18-12(21-14)9-4-2-3-5-10(9)15/h2-6H,7H2,1H3,(H,16,17,20). The quantitative estimate of drug-likeness (QED) is 0.711. The number of thiazole rings is 1. The zero-order valence-electron chi connectivity index (χ0n) is 11.9. The van der Waals surface area contributed by atoms with E-state index in [4.69, 9.17) is 4.42 Å². The van der Waals surface area contributed by atoms with Crippen molar-refractivity contribution in [3.05, 3.63) is 41.2 Å². The van der Waals surface area contributed by atoms with Crippen LogP contribution in [0, 0.1) is 12.7 Å². The monoisotopic (exact) mass is 350 g/mol. The van der Waals surface area contributed by atoms with Crippen molar-refractivity contribution in [2.24, 2.45) is 0 Å². The predicted octanol–water partition coefficient (Wildman–Crippen LogP) is 3.37. The maximum absolute atomic E-state index is 13.6. The third kappa shape index (κ3) is 3.93. The van der Waals surface area contributed by atoms with Gasteiger partial charge in [0.15, 0.2) is 5.13 Å². The van der Waals surface area contributed by atoms with Gasteiger partial charge < -0.3 is 9.73 Å². The normalized spacial score (nSPS) is 10.7. The first-order valence-corrected chi connectivity index (χ1v) is 8.41. The molecule has 9 heteroatoms. The molecular formula is C14H11FN4O2S2. The fraction of sp³-hybridized carbons (Fsp3) is 0.143. The number of hydrogen-bond donors (Lipinski definition) is 1. The van der Waals surface area contributed by atoms with Gasteiger partial charge in [0.1, 0.15) is 5.82 Å². The number of aryl methyl sites for hydroxylation is 1. The summed E-state index contributed by atoms with van der Waals surface area (Å²) in [5.74, 6) is -0.488. The summed E-state index contributed by atoms with van der Waals surface area (Å²) in [5.41, 5.74) is 1.08. The number of benzene rings is 1. The van der Waals surface area contributed by atoms with E-state index >= 15 is 0 Å². The summed E-state index contributed by atoms with van der Waals surface area (Å²) in [6.45, 7) is 1.85. The summed E-state index contributed by atoms with van der Waals surface area (Å²) < 4.78 is 19.0. The van der Waals surface area contributed by atoms with E-state index in [-0.39, 0.29) is 28.3 Å². The molecule has 3 aromatic rings. The summed E-state index contributed by atoms with van der Waals surface area (Å²) in [6, 6.07) is 6.12. The number of amides is 1. The van der Waals surface area contributed by atoms with Crippen LogP contribution in [0.4, 0.5) is 9.52 Å². The molecule has 6 nitrogen and oxygen atoms in total. The molecule has 1 N–H and O–H groups in total. The van der Waals surface area contributed by atoms with Crippen molar-refractivity contribution < 1.29 is 13.6 Å². The Bertz CT molecular complexity index is 834. The summed E-state index contributed by atoms with van der Waals surface area (Å²) in [6.07, 6.45) is 0. The number of nitrogens with one attached hydrogen (secondary N) is 1. The SMILES string of the molecule is Cc1csc(NC(=O)CSc2nnc(-c3ccccc3F)o2)n1. The van der Waals surface area contributed by atoms with Crippen molar-refractivity contribution in [3.8, 4) is 11.5 Å². The average molecular weight is 350 g/mol. The molecule has 1 aromatic carbocycles. The van der Waals surface area contributed by atoms with Crippen molar-refractivity contribution in [2.45, 2.75) is 12.1 Å². The molecule has 3 rings (SSSR count). The smallest absolute Gasteiger partial charge is 0.277 e. The number of thioether (sulfide) groups is 1. The minimum absolute atomic E-state index is 0.0848. The molecule has 118 valence electrons. The molecule has 2 aromatic heterocycles. The molecule has 0 aliphatic heterocycles. The van der Waals surface area contributed by atoms with E-state index < -0.39 is 5.82 Å². The van der Waals surface area contributed by atoms with Gasteiger partial charge in [-0.05, 0) is 19.1 Å². The molecule has 0 fully saturated rings. The highest BCUT2D eigenvalue weighted by atomic mass is 32.2. The fourth-order valence-corrected chi connectivity index (χ4v) is 2.97. The lowest BCUT2D eigenvalue weighted by Crippen LogP contribution is -2.13. The van der Waals surface area contributed by atoms with Gasteiger partial charge in [0.2, 0.25) is 5.91 Å². The Morgan fingerprint density at radius 3 is 2.96 bits per heavy atom. The van der Waals surface area contributed by atoms with Gasteiger partial charge in [-0.1, -0.05) is 23.9 Å². The summed E-state index contributed by atoms with van der Waals surface area (Å²) in [5, 5.41) is 12.9. The Morgan fingerprint density at radius 2 is 2.22 bits per heavy atom. The lowest BCUT2D eigenvalue weighted by atomic mass is 10.2. The van der Waals surface area contributed by atoms with Crippen LogP contribution in [0.1, 0.15) is 5.69 Å². The number of carbonyl (C=O) groups is 1. The number of hydrogen-bond acceptors (Lipinski definition) is 7. The van der Waals surface area contributed by atoms with Crippen LogP contribution in [0.2, 0.25) is 0 Å². The van der Waals surface area contributed by atoms with Gasteiger partial charge in [0.05, 0.1) is 17.0 Å². The number of halogens is 1. The van der Waals surface area contributed by atoms with Gasteiger partial charge in [0, 0.05) is 5.38 Å². The average Bonchev–Trinajstić information content (AvgIpc) is 3.15. The van der Waals surface area contributed by atoms with Crippen molar-refractivity contribution in [2.75, 3.05) is 11.1 Å². The Balaban J connectivity index is 1.59. The van der Waals surface area contributed by atoms with E-state index in [0.29, 0.717) is 5.13 Å². The molecular weight excluding hydrogens is 339 g/mol. The van der Waals surface area contributed by atoms with Gasteiger partial charge in [0.25, 0.3) is 11.1 Å². The predicted molar refractivity (Wildman–Crippen MR) is 85.9 cm³/mol. The molecule has 0 saturated heterocycles. The number of nitrogens with zero attached hydrogens (tertiary/aromatic N) is 3. The maximum atomic E-state index is 13.6. The second-order valence-electron chi connectivity index (χ2n) is 4.48. The first-order chi connectivity index (χ1) is 11.1. The Morgan fingerprint density at radius 1 is 1.39 bits per heavy atom. The second kappa shape index (κ2) is 6.88. The molecule has 0 atom stereocenters. The molecule has 0 unspecified atom stereocenters. The van der Waals surface area contributed by atoms with E-state index in [1.165, 1.54) is 17.4 Å². The van der Waals surface area contributed by atoms with E-state index in [9.17, 15) is 9.18 Å². The van der Waals surface area contributed by atoms with Crippen LogP contribution in [0.25, 0.3) is 11.5 Å². The van der Waals surface area contributed by atoms with Crippen LogP contribution < -0.4 is 5.32 Å². The van der Waals surface area contributed by atoms with Crippen molar-refractivity contribution in [1.82, 2.24) is 15.2 Å². The van der Waals surface area contributed by atoms with Gasteiger partial charge in [-0.2, -0.15) is 0 Å². The molecule has 0 aliphatic carbocycles. The highest BCUT2D eigenvalue weighted by Gasteiger charge is 2.14. The van der Waals surface area contributed by atoms with E-state index in [1.54, 1.807) is 18.2 Å². The number of carbonyl (C=O) groups excluding carboxylic acids is 1. The first-order valence-electron chi connectivity index (χ1n) is 6.55. The lowest BCUT2D eigenvalue weighted by molar-refractivity contribution is -0.113. The van der Waals surface area contributed by atoms with Crippen LogP contribution in [-0.4, -0.2) is 26.8 Å². The topological polar surface area (TPSA) is 80.9 Å². The summed E-state index contributed by atoms with van der Waals surface area (Å²) >= 11 is 2.44. The van der Waals surface area contributed by atoms with Gasteiger partial charge in [-0.25, -0.2) is 9.37 Å². The van der Waals surface area contributed by atoms with Crippen molar-refractivity contribution in [1.29, 1.82) is 0 Å². The Hall–Kier alpha value is -2.26. The fourth-order valence-electron chi connectivity index (χ4n) is 1.71. The highest BCUT2D eigenvalue weighted by Crippen LogP contribution is 2.25. The highest BCUT2D eigenvalue weighted by molar-refractivity contribution is 7.99. The Kier molecular flexibility index (Phi) is 4.68. The van der Waals surface area contributed by atoms with Gasteiger partial charge >= 0.3 is 0 Å². The van der Waals surface area contributed by atoms with E-state index in [0.717, 1.165) is 17.5 Å². The van der Waals surface area contributed by atoms with Crippen molar-refractivity contribution in [3.63, 3.8) is 0 Å². The molecule has 0 spiro atoms. The maximum Gasteiger partial charge on any atom is 0.277 e. The van der Waals surface area contributed by atoms with Crippen LogP contribution in [0.3, 0.4) is 0 Å². The zero-order valence-corrected chi connectivity index (χ0v) is 13.6. The Labute approximate surface area is 139 Å². The minimum Gasteiger partial charge on any atom is -0.411 e. The molecule has 0 bridgehead atoms. The summed E-state index contributed by atoms with van der Waals surface area (Å²) in [7, 11) is 0. The largest absolute Gasteiger partial charge is 0.411 e. The van der Waals surface area contributed by atoms with Crippen LogP contribution in [-0.2, 0) is 4.79 Å². The van der Waals surface area contributed by atoms with E-state index in [1.807, 2.05) is 12.3 Å². The van der Waals surface area contributed by atoms with Crippen LogP contribution in [0.15, 0.2) is 39.3 Å². The molecule has 0 saturated carbocycles. The first kappa shape index (κ1) is 15.6. The molecule has 1 amide bonds. The molecule has 2 heterocycles.